The first-order valence-electron chi connectivity index (χ1n) is 8.42. The Labute approximate surface area is 170 Å². The number of aryl methyl sites for hydroxylation is 1. The van der Waals surface area contributed by atoms with Crippen LogP contribution in [-0.2, 0) is 16.0 Å². The predicted octanol–water partition coefficient (Wildman–Crippen LogP) is 1.18. The molecule has 2 amide bonds. The van der Waals surface area contributed by atoms with Crippen LogP contribution in [0.4, 0.5) is 5.13 Å². The van der Waals surface area contributed by atoms with Crippen LogP contribution in [0.5, 0.6) is 0 Å². The molecule has 0 fully saturated rings. The third-order valence-electron chi connectivity index (χ3n) is 3.66. The molecule has 2 aromatic heterocycles. The van der Waals surface area contributed by atoms with Gasteiger partial charge in [-0.15, -0.1) is 11.3 Å². The Kier molecular flexibility index (Phi) is 7.20. The zero-order chi connectivity index (χ0) is 20.9. The van der Waals surface area contributed by atoms with Gasteiger partial charge in [-0.1, -0.05) is 11.3 Å². The second kappa shape index (κ2) is 9.20. The minimum absolute atomic E-state index is 0.212. The Balaban J connectivity index is 2.00. The van der Waals surface area contributed by atoms with Gasteiger partial charge in [0.2, 0.25) is 11.8 Å². The summed E-state index contributed by atoms with van der Waals surface area (Å²) >= 11 is 2.65. The zero-order valence-electron chi connectivity index (χ0n) is 15.8. The van der Waals surface area contributed by atoms with Crippen molar-refractivity contribution in [2.45, 2.75) is 45.2 Å². The van der Waals surface area contributed by atoms with E-state index in [1.165, 1.54) is 22.7 Å². The number of nitrogens with zero attached hydrogens (tertiary/aromatic N) is 3. The number of hydrogen-bond donors (Lipinski definition) is 4. The summed E-state index contributed by atoms with van der Waals surface area (Å²) < 4.78 is 0. The van der Waals surface area contributed by atoms with Crippen LogP contribution in [0.25, 0.3) is 10.6 Å². The van der Waals surface area contributed by atoms with Crippen molar-refractivity contribution in [1.82, 2.24) is 15.3 Å². The van der Waals surface area contributed by atoms with Crippen LogP contribution < -0.4 is 16.4 Å². The van der Waals surface area contributed by atoms with E-state index in [4.69, 9.17) is 11.0 Å². The molecule has 1 unspecified atom stereocenters. The number of anilines is 1. The number of thiazole rings is 2. The first kappa shape index (κ1) is 21.9. The van der Waals surface area contributed by atoms with E-state index in [0.717, 1.165) is 9.88 Å². The van der Waals surface area contributed by atoms with Gasteiger partial charge < -0.3 is 21.5 Å². The third-order valence-corrected chi connectivity index (χ3v) is 5.60. The largest absolute Gasteiger partial charge is 0.394 e. The molecular weight excluding hydrogens is 400 g/mol. The molecule has 2 heterocycles. The molecule has 2 aromatic rings. The van der Waals surface area contributed by atoms with Gasteiger partial charge in [-0.05, 0) is 20.8 Å². The van der Waals surface area contributed by atoms with Crippen LogP contribution in [0.3, 0.4) is 0 Å². The van der Waals surface area contributed by atoms with E-state index in [-0.39, 0.29) is 19.4 Å². The maximum atomic E-state index is 12.3. The molecule has 150 valence electrons. The highest BCUT2D eigenvalue weighted by molar-refractivity contribution is 7.19. The van der Waals surface area contributed by atoms with Gasteiger partial charge in [0, 0.05) is 5.38 Å². The maximum Gasteiger partial charge on any atom is 0.243 e. The Bertz CT molecular complexity index is 899. The molecule has 0 spiro atoms. The number of nitrogens with two attached hydrogens (primary N) is 1. The lowest BCUT2D eigenvalue weighted by molar-refractivity contribution is -0.126. The lowest BCUT2D eigenvalue weighted by Gasteiger charge is -2.24. The van der Waals surface area contributed by atoms with Gasteiger partial charge in [0.25, 0.3) is 0 Å². The average molecular weight is 423 g/mol. The quantitative estimate of drug-likeness (QED) is 0.498. The van der Waals surface area contributed by atoms with Crippen molar-refractivity contribution >= 4 is 39.6 Å². The van der Waals surface area contributed by atoms with Crippen molar-refractivity contribution in [3.8, 4) is 16.6 Å². The van der Waals surface area contributed by atoms with Crippen molar-refractivity contribution in [3.63, 3.8) is 0 Å². The van der Waals surface area contributed by atoms with Crippen molar-refractivity contribution in [2.24, 2.45) is 5.73 Å². The number of aliphatic hydroxyl groups excluding tert-OH is 1. The predicted molar refractivity (Wildman–Crippen MR) is 108 cm³/mol. The van der Waals surface area contributed by atoms with Crippen molar-refractivity contribution in [2.75, 3.05) is 11.9 Å². The minimum atomic E-state index is -1.05. The standard InChI is InChI=1S/C17H22N6O3S2/c1-9-14(11-7-27-13(21-11)4-5-18)28-16(20-9)22-15(26)10(19)6-12(25)23-17(2,3)8-24/h7,10,24H,4,6,8,19H2,1-3H3,(H,23,25)(H,20,22,26). The number of hydrogen-bond acceptors (Lipinski definition) is 9. The topological polar surface area (TPSA) is 154 Å². The molecule has 0 radical (unpaired) electrons. The van der Waals surface area contributed by atoms with Gasteiger partial charge in [-0.25, -0.2) is 9.97 Å². The molecule has 2 rings (SSSR count). The number of aliphatic hydroxyl groups is 1. The van der Waals surface area contributed by atoms with Crippen molar-refractivity contribution in [3.05, 3.63) is 16.1 Å². The second-order valence-corrected chi connectivity index (χ2v) is 8.73. The number of amides is 2. The van der Waals surface area contributed by atoms with Gasteiger partial charge in [-0.2, -0.15) is 5.26 Å². The fourth-order valence-corrected chi connectivity index (χ4v) is 3.93. The Hall–Kier alpha value is -2.39. The van der Waals surface area contributed by atoms with Gasteiger partial charge in [0.15, 0.2) is 5.13 Å². The summed E-state index contributed by atoms with van der Waals surface area (Å²) in [6, 6.07) is 1.01. The fraction of sp³-hybridized carbons (Fsp3) is 0.471. The lowest BCUT2D eigenvalue weighted by atomic mass is 10.1. The van der Waals surface area contributed by atoms with Crippen molar-refractivity contribution < 1.29 is 14.7 Å². The molecule has 1 atom stereocenters. The maximum absolute atomic E-state index is 12.3. The highest BCUT2D eigenvalue weighted by Gasteiger charge is 2.24. The van der Waals surface area contributed by atoms with Gasteiger partial charge in [-0.3, -0.25) is 9.59 Å². The number of rotatable bonds is 8. The average Bonchev–Trinajstić information content (AvgIpc) is 3.21. The smallest absolute Gasteiger partial charge is 0.243 e. The summed E-state index contributed by atoms with van der Waals surface area (Å²) in [5, 5.41) is 26.1. The molecular formula is C17H22N6O3S2. The second-order valence-electron chi connectivity index (χ2n) is 6.78. The number of carbonyl (C=O) groups excluding carboxylic acids is 2. The molecule has 0 saturated heterocycles. The van der Waals surface area contributed by atoms with E-state index in [9.17, 15) is 14.7 Å². The molecule has 9 nitrogen and oxygen atoms in total. The van der Waals surface area contributed by atoms with E-state index >= 15 is 0 Å². The molecule has 28 heavy (non-hydrogen) atoms. The van der Waals surface area contributed by atoms with E-state index in [1.54, 1.807) is 20.8 Å². The van der Waals surface area contributed by atoms with E-state index in [0.29, 0.717) is 16.5 Å². The van der Waals surface area contributed by atoms with Crippen LogP contribution in [0, 0.1) is 18.3 Å². The normalized spacial score (nSPS) is 12.3. The van der Waals surface area contributed by atoms with Crippen LogP contribution in [-0.4, -0.2) is 45.1 Å². The van der Waals surface area contributed by atoms with Crippen LogP contribution in [0.15, 0.2) is 5.38 Å². The van der Waals surface area contributed by atoms with Crippen LogP contribution in [0.2, 0.25) is 0 Å². The summed E-state index contributed by atoms with van der Waals surface area (Å²) in [5.74, 6) is -0.953. The molecule has 0 aliphatic carbocycles. The number of carbonyl (C=O) groups is 2. The molecule has 0 bridgehead atoms. The highest BCUT2D eigenvalue weighted by atomic mass is 32.1. The van der Waals surface area contributed by atoms with Gasteiger partial charge in [0.05, 0.1) is 53.4 Å². The minimum Gasteiger partial charge on any atom is -0.394 e. The van der Waals surface area contributed by atoms with Gasteiger partial charge >= 0.3 is 0 Å². The van der Waals surface area contributed by atoms with E-state index < -0.39 is 23.4 Å². The Morgan fingerprint density at radius 3 is 2.79 bits per heavy atom. The molecule has 11 heteroatoms. The number of nitrogens with one attached hydrogen (secondary N) is 2. The summed E-state index contributed by atoms with van der Waals surface area (Å²) in [5.41, 5.74) is 6.44. The summed E-state index contributed by atoms with van der Waals surface area (Å²) in [6.07, 6.45) is 0.0339. The summed E-state index contributed by atoms with van der Waals surface area (Å²) in [7, 11) is 0. The SMILES string of the molecule is Cc1nc(NC(=O)C(N)CC(=O)NC(C)(C)CO)sc1-c1csc(CC#N)n1. The van der Waals surface area contributed by atoms with Gasteiger partial charge in [0.1, 0.15) is 5.01 Å². The lowest BCUT2D eigenvalue weighted by Crippen LogP contribution is -2.49. The fourth-order valence-electron chi connectivity index (χ4n) is 2.21. The molecule has 0 saturated carbocycles. The first-order valence-corrected chi connectivity index (χ1v) is 10.1. The van der Waals surface area contributed by atoms with E-state index in [2.05, 4.69) is 26.7 Å². The van der Waals surface area contributed by atoms with Crippen LogP contribution in [0.1, 0.15) is 31.0 Å². The molecule has 0 aromatic carbocycles. The summed E-state index contributed by atoms with van der Waals surface area (Å²) in [6.45, 7) is 4.90. The number of nitriles is 1. The van der Waals surface area contributed by atoms with E-state index in [1.807, 2.05) is 5.38 Å². The van der Waals surface area contributed by atoms with Crippen LogP contribution >= 0.6 is 22.7 Å². The number of aromatic nitrogens is 2. The molecule has 5 N–H and O–H groups in total. The third kappa shape index (κ3) is 5.80. The molecule has 0 aliphatic heterocycles. The van der Waals surface area contributed by atoms with Crippen molar-refractivity contribution in [1.29, 1.82) is 5.26 Å². The Morgan fingerprint density at radius 2 is 2.14 bits per heavy atom. The first-order chi connectivity index (χ1) is 13.1. The summed E-state index contributed by atoms with van der Waals surface area (Å²) in [4.78, 5) is 33.7. The highest BCUT2D eigenvalue weighted by Crippen LogP contribution is 2.33. The zero-order valence-corrected chi connectivity index (χ0v) is 17.4. The molecule has 0 aliphatic rings. The monoisotopic (exact) mass is 422 g/mol. The Morgan fingerprint density at radius 1 is 1.43 bits per heavy atom.